The molecular weight excluding hydrogens is 184 g/mol. The number of fused-ring (bicyclic) bond motifs is 1. The van der Waals surface area contributed by atoms with Crippen molar-refractivity contribution < 1.29 is 0 Å². The predicted molar refractivity (Wildman–Crippen MR) is 63.1 cm³/mol. The Balaban J connectivity index is 2.53. The number of aromatic nitrogens is 2. The SMILES string of the molecule is Cc1cccc2ncc(CC(C)(C)C)n12. The van der Waals surface area contributed by atoms with Crippen LogP contribution in [0.3, 0.4) is 0 Å². The molecule has 0 unspecified atom stereocenters. The summed E-state index contributed by atoms with van der Waals surface area (Å²) in [4.78, 5) is 4.43. The van der Waals surface area contributed by atoms with Gasteiger partial charge in [-0.05, 0) is 30.9 Å². The zero-order valence-corrected chi connectivity index (χ0v) is 9.91. The molecule has 2 heterocycles. The summed E-state index contributed by atoms with van der Waals surface area (Å²) in [6.45, 7) is 8.89. The van der Waals surface area contributed by atoms with Crippen LogP contribution in [-0.4, -0.2) is 9.38 Å². The van der Waals surface area contributed by atoms with Crippen LogP contribution in [0.15, 0.2) is 24.4 Å². The number of aryl methyl sites for hydroxylation is 1. The summed E-state index contributed by atoms with van der Waals surface area (Å²) < 4.78 is 2.24. The molecule has 0 amide bonds. The molecule has 0 aliphatic rings. The maximum Gasteiger partial charge on any atom is 0.137 e. The van der Waals surface area contributed by atoms with Gasteiger partial charge in [-0.15, -0.1) is 0 Å². The van der Waals surface area contributed by atoms with Gasteiger partial charge >= 0.3 is 0 Å². The van der Waals surface area contributed by atoms with Crippen LogP contribution in [0.4, 0.5) is 0 Å². The molecule has 0 aliphatic heterocycles. The van der Waals surface area contributed by atoms with Crippen molar-refractivity contribution in [1.82, 2.24) is 9.38 Å². The van der Waals surface area contributed by atoms with E-state index in [1.54, 1.807) is 0 Å². The van der Waals surface area contributed by atoms with E-state index in [1.165, 1.54) is 11.4 Å². The highest BCUT2D eigenvalue weighted by Gasteiger charge is 2.14. The molecule has 15 heavy (non-hydrogen) atoms. The second-order valence-corrected chi connectivity index (χ2v) is 5.35. The lowest BCUT2D eigenvalue weighted by molar-refractivity contribution is 0.405. The van der Waals surface area contributed by atoms with Gasteiger partial charge in [0.05, 0.1) is 0 Å². The molecular formula is C13H18N2. The molecule has 0 saturated heterocycles. The van der Waals surface area contributed by atoms with Crippen LogP contribution in [-0.2, 0) is 6.42 Å². The first-order valence-corrected chi connectivity index (χ1v) is 5.39. The van der Waals surface area contributed by atoms with Gasteiger partial charge in [0.15, 0.2) is 0 Å². The highest BCUT2D eigenvalue weighted by atomic mass is 15.0. The van der Waals surface area contributed by atoms with Gasteiger partial charge in [-0.2, -0.15) is 0 Å². The van der Waals surface area contributed by atoms with Gasteiger partial charge in [0.2, 0.25) is 0 Å². The number of hydrogen-bond donors (Lipinski definition) is 0. The lowest BCUT2D eigenvalue weighted by atomic mass is 9.91. The first-order valence-electron chi connectivity index (χ1n) is 5.39. The summed E-state index contributed by atoms with van der Waals surface area (Å²) in [6, 6.07) is 6.23. The molecule has 2 nitrogen and oxygen atoms in total. The quantitative estimate of drug-likeness (QED) is 0.694. The molecule has 0 spiro atoms. The average molecular weight is 202 g/mol. The van der Waals surface area contributed by atoms with Crippen molar-refractivity contribution in [2.24, 2.45) is 5.41 Å². The van der Waals surface area contributed by atoms with Gasteiger partial charge in [-0.3, -0.25) is 0 Å². The lowest BCUT2D eigenvalue weighted by Gasteiger charge is -2.18. The Morgan fingerprint density at radius 3 is 2.67 bits per heavy atom. The van der Waals surface area contributed by atoms with Gasteiger partial charge in [-0.1, -0.05) is 26.8 Å². The van der Waals surface area contributed by atoms with Gasteiger partial charge in [0, 0.05) is 17.6 Å². The highest BCUT2D eigenvalue weighted by Crippen LogP contribution is 2.21. The fourth-order valence-corrected chi connectivity index (χ4v) is 1.94. The minimum Gasteiger partial charge on any atom is -0.301 e. The molecule has 0 bridgehead atoms. The summed E-state index contributed by atoms with van der Waals surface area (Å²) >= 11 is 0. The number of nitrogens with zero attached hydrogens (tertiary/aromatic N) is 2. The van der Waals surface area contributed by atoms with E-state index in [2.05, 4.69) is 55.3 Å². The molecule has 0 saturated carbocycles. The first kappa shape index (κ1) is 10.2. The van der Waals surface area contributed by atoms with Crippen molar-refractivity contribution in [3.63, 3.8) is 0 Å². The van der Waals surface area contributed by atoms with Crippen LogP contribution in [0, 0.1) is 12.3 Å². The third kappa shape index (κ3) is 2.04. The molecule has 80 valence electrons. The Kier molecular flexibility index (Phi) is 2.29. The standard InChI is InChI=1S/C13H18N2/c1-10-6-5-7-12-14-9-11(15(10)12)8-13(2,3)4/h5-7,9H,8H2,1-4H3. The smallest absolute Gasteiger partial charge is 0.137 e. The fraction of sp³-hybridized carbons (Fsp3) is 0.462. The monoisotopic (exact) mass is 202 g/mol. The van der Waals surface area contributed by atoms with E-state index in [4.69, 9.17) is 0 Å². The average Bonchev–Trinajstić information content (AvgIpc) is 2.47. The Labute approximate surface area is 91.0 Å². The van der Waals surface area contributed by atoms with Crippen LogP contribution in [0.1, 0.15) is 32.2 Å². The van der Waals surface area contributed by atoms with E-state index in [1.807, 2.05) is 6.20 Å². The Bertz CT molecular complexity index is 475. The molecule has 2 rings (SSSR count). The molecule has 0 radical (unpaired) electrons. The predicted octanol–water partition coefficient (Wildman–Crippen LogP) is 3.23. The van der Waals surface area contributed by atoms with E-state index < -0.39 is 0 Å². The van der Waals surface area contributed by atoms with E-state index >= 15 is 0 Å². The number of pyridine rings is 1. The second-order valence-electron chi connectivity index (χ2n) is 5.35. The van der Waals surface area contributed by atoms with Gasteiger partial charge in [0.1, 0.15) is 5.65 Å². The zero-order chi connectivity index (χ0) is 11.1. The first-order chi connectivity index (χ1) is 6.97. The van der Waals surface area contributed by atoms with Crippen molar-refractivity contribution in [3.8, 4) is 0 Å². The maximum atomic E-state index is 4.43. The van der Waals surface area contributed by atoms with Crippen molar-refractivity contribution in [1.29, 1.82) is 0 Å². The van der Waals surface area contributed by atoms with Crippen molar-refractivity contribution in [3.05, 3.63) is 35.8 Å². The minimum absolute atomic E-state index is 0.304. The van der Waals surface area contributed by atoms with Crippen molar-refractivity contribution >= 4 is 5.65 Å². The van der Waals surface area contributed by atoms with Crippen LogP contribution in [0.2, 0.25) is 0 Å². The zero-order valence-electron chi connectivity index (χ0n) is 9.91. The number of hydrogen-bond acceptors (Lipinski definition) is 1. The van der Waals surface area contributed by atoms with E-state index in [9.17, 15) is 0 Å². The minimum atomic E-state index is 0.304. The number of rotatable bonds is 1. The van der Waals surface area contributed by atoms with Gasteiger partial charge < -0.3 is 4.40 Å². The molecule has 2 heteroatoms. The summed E-state index contributed by atoms with van der Waals surface area (Å²) in [5.74, 6) is 0. The topological polar surface area (TPSA) is 17.3 Å². The van der Waals surface area contributed by atoms with Crippen LogP contribution in [0.25, 0.3) is 5.65 Å². The van der Waals surface area contributed by atoms with Crippen molar-refractivity contribution in [2.45, 2.75) is 34.1 Å². The van der Waals surface area contributed by atoms with E-state index in [0.717, 1.165) is 12.1 Å². The molecule has 2 aromatic heterocycles. The summed E-state index contributed by atoms with van der Waals surface area (Å²) in [6.07, 6.45) is 3.05. The Morgan fingerprint density at radius 1 is 1.27 bits per heavy atom. The summed E-state index contributed by atoms with van der Waals surface area (Å²) in [5, 5.41) is 0. The lowest BCUT2D eigenvalue weighted by Crippen LogP contribution is -2.11. The Morgan fingerprint density at radius 2 is 2.00 bits per heavy atom. The summed E-state index contributed by atoms with van der Waals surface area (Å²) in [5.41, 5.74) is 3.91. The second kappa shape index (κ2) is 3.37. The highest BCUT2D eigenvalue weighted by molar-refractivity contribution is 5.42. The van der Waals surface area contributed by atoms with E-state index in [-0.39, 0.29) is 0 Å². The molecule has 2 aromatic rings. The molecule has 0 aromatic carbocycles. The molecule has 0 atom stereocenters. The van der Waals surface area contributed by atoms with Crippen LogP contribution >= 0.6 is 0 Å². The normalized spacial score (nSPS) is 12.3. The van der Waals surface area contributed by atoms with Crippen LogP contribution < -0.4 is 0 Å². The summed E-state index contributed by atoms with van der Waals surface area (Å²) in [7, 11) is 0. The Hall–Kier alpha value is -1.31. The van der Waals surface area contributed by atoms with Crippen molar-refractivity contribution in [2.75, 3.05) is 0 Å². The number of imidazole rings is 1. The van der Waals surface area contributed by atoms with Gasteiger partial charge in [0.25, 0.3) is 0 Å². The van der Waals surface area contributed by atoms with Gasteiger partial charge in [-0.25, -0.2) is 4.98 Å². The molecule has 0 fully saturated rings. The van der Waals surface area contributed by atoms with Crippen LogP contribution in [0.5, 0.6) is 0 Å². The molecule has 0 aliphatic carbocycles. The third-order valence-corrected chi connectivity index (χ3v) is 2.51. The fourth-order valence-electron chi connectivity index (χ4n) is 1.94. The largest absolute Gasteiger partial charge is 0.301 e. The molecule has 0 N–H and O–H groups in total. The van der Waals surface area contributed by atoms with E-state index in [0.29, 0.717) is 5.41 Å². The third-order valence-electron chi connectivity index (χ3n) is 2.51. The maximum absolute atomic E-state index is 4.43.